The summed E-state index contributed by atoms with van der Waals surface area (Å²) in [4.78, 5) is 15.4. The van der Waals surface area contributed by atoms with Crippen LogP contribution >= 0.6 is 11.6 Å². The predicted octanol–water partition coefficient (Wildman–Crippen LogP) is 4.18. The summed E-state index contributed by atoms with van der Waals surface area (Å²) >= 11 is 6.23. The minimum Gasteiger partial charge on any atom is -0.478 e. The Balaban J connectivity index is 2.06. The van der Waals surface area contributed by atoms with Crippen LogP contribution in [0, 0.1) is 0 Å². The van der Waals surface area contributed by atoms with Crippen LogP contribution in [0.3, 0.4) is 0 Å². The average Bonchev–Trinajstić information content (AvgIpc) is 2.48. The number of hydrogen-bond acceptors (Lipinski definition) is 2. The second kappa shape index (κ2) is 5.54. The number of pyridine rings is 1. The second-order valence-electron chi connectivity index (χ2n) is 4.81. The van der Waals surface area contributed by atoms with Gasteiger partial charge in [-0.2, -0.15) is 0 Å². The third-order valence-electron chi connectivity index (χ3n) is 3.33. The van der Waals surface area contributed by atoms with Crippen molar-refractivity contribution in [2.75, 3.05) is 0 Å². The lowest BCUT2D eigenvalue weighted by Crippen LogP contribution is -1.97. The highest BCUT2D eigenvalue weighted by Gasteiger charge is 2.09. The van der Waals surface area contributed by atoms with Gasteiger partial charge in [0.05, 0.1) is 11.1 Å². The third kappa shape index (κ3) is 2.88. The molecule has 0 unspecified atom stereocenters. The van der Waals surface area contributed by atoms with Crippen molar-refractivity contribution in [3.05, 3.63) is 76.4 Å². The number of hydrogen-bond donors (Lipinski definition) is 1. The Hall–Kier alpha value is -2.39. The standard InChI is InChI=1S/C17H12ClNO2/c18-16-14(8-11-4-2-1-3-5-11)10-13-9-12(17(20)21)6-7-15(13)19-16/h1-7,9-10H,8H2,(H,20,21). The van der Waals surface area contributed by atoms with E-state index in [1.165, 1.54) is 6.07 Å². The fourth-order valence-corrected chi connectivity index (χ4v) is 2.48. The van der Waals surface area contributed by atoms with Gasteiger partial charge in [-0.05, 0) is 35.4 Å². The summed E-state index contributed by atoms with van der Waals surface area (Å²) in [7, 11) is 0. The number of aromatic nitrogens is 1. The number of nitrogens with zero attached hydrogens (tertiary/aromatic N) is 1. The molecular weight excluding hydrogens is 286 g/mol. The van der Waals surface area contributed by atoms with Gasteiger partial charge in [-0.1, -0.05) is 41.9 Å². The van der Waals surface area contributed by atoms with Crippen molar-refractivity contribution in [2.24, 2.45) is 0 Å². The molecular formula is C17H12ClNO2. The van der Waals surface area contributed by atoms with Crippen molar-refractivity contribution in [1.29, 1.82) is 0 Å². The van der Waals surface area contributed by atoms with Gasteiger partial charge in [-0.15, -0.1) is 0 Å². The van der Waals surface area contributed by atoms with Gasteiger partial charge >= 0.3 is 5.97 Å². The Kier molecular flexibility index (Phi) is 3.59. The molecule has 0 fully saturated rings. The molecule has 0 radical (unpaired) electrons. The minimum absolute atomic E-state index is 0.247. The lowest BCUT2D eigenvalue weighted by Gasteiger charge is -2.07. The van der Waals surface area contributed by atoms with Crippen LogP contribution in [-0.4, -0.2) is 16.1 Å². The summed E-state index contributed by atoms with van der Waals surface area (Å²) in [5.41, 5.74) is 2.96. The number of aromatic carboxylic acids is 1. The number of carbonyl (C=O) groups is 1. The zero-order chi connectivity index (χ0) is 14.8. The lowest BCUT2D eigenvalue weighted by atomic mass is 10.0. The monoisotopic (exact) mass is 297 g/mol. The van der Waals surface area contributed by atoms with Crippen molar-refractivity contribution in [2.45, 2.75) is 6.42 Å². The summed E-state index contributed by atoms with van der Waals surface area (Å²) < 4.78 is 0. The van der Waals surface area contributed by atoms with Crippen molar-refractivity contribution in [3.63, 3.8) is 0 Å². The normalized spacial score (nSPS) is 10.7. The first kappa shape index (κ1) is 13.6. The van der Waals surface area contributed by atoms with Crippen molar-refractivity contribution < 1.29 is 9.90 Å². The number of rotatable bonds is 3. The van der Waals surface area contributed by atoms with Gasteiger partial charge in [0.2, 0.25) is 0 Å². The molecule has 0 spiro atoms. The highest BCUT2D eigenvalue weighted by molar-refractivity contribution is 6.30. The van der Waals surface area contributed by atoms with E-state index < -0.39 is 5.97 Å². The predicted molar refractivity (Wildman–Crippen MR) is 83.0 cm³/mol. The summed E-state index contributed by atoms with van der Waals surface area (Å²) in [6.45, 7) is 0. The van der Waals surface area contributed by atoms with Crippen molar-refractivity contribution >= 4 is 28.5 Å². The number of benzene rings is 2. The van der Waals surface area contributed by atoms with Gasteiger partial charge in [-0.3, -0.25) is 0 Å². The van der Waals surface area contributed by atoms with Crippen LogP contribution in [0.4, 0.5) is 0 Å². The fraction of sp³-hybridized carbons (Fsp3) is 0.0588. The number of carboxylic acids is 1. The zero-order valence-electron chi connectivity index (χ0n) is 11.1. The molecule has 0 aliphatic rings. The summed E-state index contributed by atoms with van der Waals surface area (Å²) in [5, 5.41) is 10.3. The summed E-state index contributed by atoms with van der Waals surface area (Å²) in [6.07, 6.45) is 0.667. The SMILES string of the molecule is O=C(O)c1ccc2nc(Cl)c(Cc3ccccc3)cc2c1. The molecule has 21 heavy (non-hydrogen) atoms. The van der Waals surface area contributed by atoms with Crippen LogP contribution in [-0.2, 0) is 6.42 Å². The molecule has 3 nitrogen and oxygen atoms in total. The molecule has 1 N–H and O–H groups in total. The Morgan fingerprint density at radius 3 is 2.57 bits per heavy atom. The van der Waals surface area contributed by atoms with E-state index >= 15 is 0 Å². The van der Waals surface area contributed by atoms with Gasteiger partial charge in [0.15, 0.2) is 0 Å². The Morgan fingerprint density at radius 1 is 1.10 bits per heavy atom. The van der Waals surface area contributed by atoms with Gasteiger partial charge in [-0.25, -0.2) is 9.78 Å². The second-order valence-corrected chi connectivity index (χ2v) is 5.17. The highest BCUT2D eigenvalue weighted by atomic mass is 35.5. The first-order valence-electron chi connectivity index (χ1n) is 6.50. The van der Waals surface area contributed by atoms with Gasteiger partial charge in [0.25, 0.3) is 0 Å². The van der Waals surface area contributed by atoms with E-state index in [1.54, 1.807) is 12.1 Å². The molecule has 3 rings (SSSR count). The molecule has 0 bridgehead atoms. The van der Waals surface area contributed by atoms with E-state index in [9.17, 15) is 4.79 Å². The van der Waals surface area contributed by atoms with Crippen LogP contribution in [0.5, 0.6) is 0 Å². The molecule has 4 heteroatoms. The maximum absolute atomic E-state index is 11.0. The molecule has 0 saturated carbocycles. The molecule has 104 valence electrons. The maximum Gasteiger partial charge on any atom is 0.335 e. The molecule has 2 aromatic carbocycles. The van der Waals surface area contributed by atoms with Crippen LogP contribution in [0.1, 0.15) is 21.5 Å². The Bertz CT molecular complexity index is 816. The molecule has 1 heterocycles. The van der Waals surface area contributed by atoms with E-state index in [4.69, 9.17) is 16.7 Å². The van der Waals surface area contributed by atoms with Crippen molar-refractivity contribution in [1.82, 2.24) is 4.98 Å². The molecule has 0 atom stereocenters. The highest BCUT2D eigenvalue weighted by Crippen LogP contribution is 2.24. The molecule has 0 aliphatic carbocycles. The summed E-state index contributed by atoms with van der Waals surface area (Å²) in [6, 6.07) is 16.7. The van der Waals surface area contributed by atoms with Crippen LogP contribution in [0.2, 0.25) is 5.15 Å². The molecule has 0 amide bonds. The largest absolute Gasteiger partial charge is 0.478 e. The lowest BCUT2D eigenvalue weighted by molar-refractivity contribution is 0.0697. The molecule has 0 aliphatic heterocycles. The van der Waals surface area contributed by atoms with Gasteiger partial charge in [0, 0.05) is 11.8 Å². The fourth-order valence-electron chi connectivity index (χ4n) is 2.27. The van der Waals surface area contributed by atoms with E-state index in [2.05, 4.69) is 4.98 Å². The van der Waals surface area contributed by atoms with Crippen molar-refractivity contribution in [3.8, 4) is 0 Å². The summed E-state index contributed by atoms with van der Waals surface area (Å²) in [5.74, 6) is -0.948. The van der Waals surface area contributed by atoms with Crippen LogP contribution < -0.4 is 0 Å². The Morgan fingerprint density at radius 2 is 1.86 bits per heavy atom. The van der Waals surface area contributed by atoms with Crippen LogP contribution in [0.15, 0.2) is 54.6 Å². The topological polar surface area (TPSA) is 50.2 Å². The van der Waals surface area contributed by atoms with E-state index in [1.807, 2.05) is 36.4 Å². The first-order valence-corrected chi connectivity index (χ1v) is 6.88. The average molecular weight is 298 g/mol. The minimum atomic E-state index is -0.948. The van der Waals surface area contributed by atoms with Gasteiger partial charge in [0.1, 0.15) is 5.15 Å². The number of fused-ring (bicyclic) bond motifs is 1. The zero-order valence-corrected chi connectivity index (χ0v) is 11.8. The van der Waals surface area contributed by atoms with E-state index in [-0.39, 0.29) is 5.56 Å². The van der Waals surface area contributed by atoms with Crippen LogP contribution in [0.25, 0.3) is 10.9 Å². The molecule has 1 aromatic heterocycles. The number of carboxylic acid groups (broad SMARTS) is 1. The third-order valence-corrected chi connectivity index (χ3v) is 3.65. The van der Waals surface area contributed by atoms with Gasteiger partial charge < -0.3 is 5.11 Å². The van der Waals surface area contributed by atoms with E-state index in [0.717, 1.165) is 16.5 Å². The van der Waals surface area contributed by atoms with E-state index in [0.29, 0.717) is 17.1 Å². The number of halogens is 1. The smallest absolute Gasteiger partial charge is 0.335 e. The molecule has 0 saturated heterocycles. The first-order chi connectivity index (χ1) is 10.1. The quantitative estimate of drug-likeness (QED) is 0.738. The molecule has 3 aromatic rings. The Labute approximate surface area is 126 Å². The maximum atomic E-state index is 11.0.